The molecule has 1 aromatic carbocycles. The van der Waals surface area contributed by atoms with Crippen LogP contribution in [0, 0.1) is 13.8 Å². The molecule has 0 saturated heterocycles. The zero-order valence-electron chi connectivity index (χ0n) is 10.4. The normalized spacial score (nSPS) is 10.4. The third-order valence-corrected chi connectivity index (χ3v) is 2.47. The van der Waals surface area contributed by atoms with Gasteiger partial charge in [-0.25, -0.2) is 4.79 Å². The second-order valence-electron chi connectivity index (χ2n) is 3.94. The van der Waals surface area contributed by atoms with Crippen molar-refractivity contribution >= 4 is 5.97 Å². The highest BCUT2D eigenvalue weighted by atomic mass is 16.6. The molecular formula is C12H12N2O5. The summed E-state index contributed by atoms with van der Waals surface area (Å²) in [6.45, 7) is 3.04. The van der Waals surface area contributed by atoms with E-state index < -0.39 is 11.7 Å². The van der Waals surface area contributed by atoms with E-state index in [1.54, 1.807) is 13.8 Å². The van der Waals surface area contributed by atoms with Crippen molar-refractivity contribution in [3.05, 3.63) is 35.0 Å². The van der Waals surface area contributed by atoms with E-state index in [0.29, 0.717) is 11.4 Å². The number of aryl methyl sites for hydroxylation is 2. The lowest BCUT2D eigenvalue weighted by molar-refractivity contribution is 0.0426. The molecule has 1 aromatic heterocycles. The first-order valence-electron chi connectivity index (χ1n) is 5.47. The maximum Gasteiger partial charge on any atom is 0.342 e. The Labute approximate surface area is 108 Å². The number of aromatic nitrogens is 2. The highest BCUT2D eigenvalue weighted by Gasteiger charge is 2.18. The summed E-state index contributed by atoms with van der Waals surface area (Å²) in [5.41, 5.74) is 0.334. The van der Waals surface area contributed by atoms with Crippen LogP contribution in [-0.2, 0) is 11.3 Å². The van der Waals surface area contributed by atoms with Gasteiger partial charge in [-0.05, 0) is 25.5 Å². The Balaban J connectivity index is 2.10. The summed E-state index contributed by atoms with van der Waals surface area (Å²) in [4.78, 5) is 15.6. The lowest BCUT2D eigenvalue weighted by Gasteiger charge is -2.07. The minimum absolute atomic E-state index is 0.126. The summed E-state index contributed by atoms with van der Waals surface area (Å²) in [5.74, 6) is -1.05. The van der Waals surface area contributed by atoms with E-state index in [0.717, 1.165) is 0 Å². The molecule has 2 rings (SSSR count). The van der Waals surface area contributed by atoms with Gasteiger partial charge in [0, 0.05) is 0 Å². The zero-order valence-corrected chi connectivity index (χ0v) is 10.4. The van der Waals surface area contributed by atoms with Gasteiger partial charge in [0.15, 0.2) is 23.9 Å². The molecule has 0 saturated carbocycles. The molecule has 2 N–H and O–H groups in total. The highest BCUT2D eigenvalue weighted by molar-refractivity contribution is 5.93. The van der Waals surface area contributed by atoms with E-state index in [1.165, 1.54) is 12.1 Å². The van der Waals surface area contributed by atoms with Crippen molar-refractivity contribution in [2.24, 2.45) is 0 Å². The van der Waals surface area contributed by atoms with Crippen LogP contribution < -0.4 is 0 Å². The largest absolute Gasteiger partial charge is 0.504 e. The van der Waals surface area contributed by atoms with Crippen LogP contribution in [0.3, 0.4) is 0 Å². The van der Waals surface area contributed by atoms with E-state index in [4.69, 9.17) is 9.26 Å². The summed E-state index contributed by atoms with van der Waals surface area (Å²) in [6, 6.07) is 2.87. The fourth-order valence-corrected chi connectivity index (χ4v) is 1.45. The fraction of sp³-hybridized carbons (Fsp3) is 0.250. The fourth-order valence-electron chi connectivity index (χ4n) is 1.45. The minimum Gasteiger partial charge on any atom is -0.504 e. The van der Waals surface area contributed by atoms with E-state index >= 15 is 0 Å². The third-order valence-electron chi connectivity index (χ3n) is 2.47. The quantitative estimate of drug-likeness (QED) is 0.638. The molecule has 2 aromatic rings. The summed E-state index contributed by atoms with van der Waals surface area (Å²) < 4.78 is 9.67. The average molecular weight is 264 g/mol. The molecule has 100 valence electrons. The number of esters is 1. The van der Waals surface area contributed by atoms with Gasteiger partial charge in [0.25, 0.3) is 5.89 Å². The van der Waals surface area contributed by atoms with Gasteiger partial charge in [-0.1, -0.05) is 11.2 Å². The SMILES string of the molecule is Cc1noc(COC(=O)c2ccc(C)c(O)c2O)n1. The van der Waals surface area contributed by atoms with Crippen molar-refractivity contribution in [3.63, 3.8) is 0 Å². The average Bonchev–Trinajstić information content (AvgIpc) is 2.79. The molecule has 0 atom stereocenters. The first-order valence-corrected chi connectivity index (χ1v) is 5.47. The van der Waals surface area contributed by atoms with Crippen LogP contribution in [0.15, 0.2) is 16.7 Å². The minimum atomic E-state index is -0.788. The number of ether oxygens (including phenoxy) is 1. The number of carbonyl (C=O) groups excluding carboxylic acids is 1. The van der Waals surface area contributed by atoms with Gasteiger partial charge in [0.2, 0.25) is 0 Å². The summed E-state index contributed by atoms with van der Waals surface area (Å²) in [7, 11) is 0. The number of phenolic OH excluding ortho intramolecular Hbond substituents is 2. The molecule has 7 nitrogen and oxygen atoms in total. The Morgan fingerprint density at radius 2 is 2.05 bits per heavy atom. The van der Waals surface area contributed by atoms with Gasteiger partial charge in [-0.15, -0.1) is 0 Å². The van der Waals surface area contributed by atoms with Crippen molar-refractivity contribution < 1.29 is 24.3 Å². The van der Waals surface area contributed by atoms with E-state index in [-0.39, 0.29) is 23.8 Å². The molecule has 19 heavy (non-hydrogen) atoms. The van der Waals surface area contributed by atoms with Crippen molar-refractivity contribution in [2.45, 2.75) is 20.5 Å². The number of rotatable bonds is 3. The number of benzene rings is 1. The summed E-state index contributed by atoms with van der Waals surface area (Å²) in [5, 5.41) is 22.7. The molecule has 0 amide bonds. The Morgan fingerprint density at radius 3 is 2.68 bits per heavy atom. The van der Waals surface area contributed by atoms with Crippen LogP contribution in [0.25, 0.3) is 0 Å². The van der Waals surface area contributed by atoms with Gasteiger partial charge < -0.3 is 19.5 Å². The Morgan fingerprint density at radius 1 is 1.32 bits per heavy atom. The first-order chi connectivity index (χ1) is 8.99. The molecule has 7 heteroatoms. The number of aromatic hydroxyl groups is 2. The molecule has 0 fully saturated rings. The molecule has 0 bridgehead atoms. The molecule has 0 aliphatic rings. The maximum atomic E-state index is 11.7. The molecule has 0 radical (unpaired) electrons. The monoisotopic (exact) mass is 264 g/mol. The van der Waals surface area contributed by atoms with Crippen molar-refractivity contribution in [1.82, 2.24) is 10.1 Å². The highest BCUT2D eigenvalue weighted by Crippen LogP contribution is 2.32. The van der Waals surface area contributed by atoms with E-state index in [1.807, 2.05) is 0 Å². The van der Waals surface area contributed by atoms with Crippen LogP contribution in [0.2, 0.25) is 0 Å². The Kier molecular flexibility index (Phi) is 3.37. The van der Waals surface area contributed by atoms with Crippen molar-refractivity contribution in [3.8, 4) is 11.5 Å². The molecule has 0 aliphatic heterocycles. The van der Waals surface area contributed by atoms with Gasteiger partial charge in [-0.3, -0.25) is 0 Å². The predicted octanol–water partition coefficient (Wildman–Crippen LogP) is 1.45. The second kappa shape index (κ2) is 4.97. The van der Waals surface area contributed by atoms with Gasteiger partial charge >= 0.3 is 5.97 Å². The van der Waals surface area contributed by atoms with Crippen molar-refractivity contribution in [1.29, 1.82) is 0 Å². The van der Waals surface area contributed by atoms with Gasteiger partial charge in [-0.2, -0.15) is 4.98 Å². The smallest absolute Gasteiger partial charge is 0.342 e. The lowest BCUT2D eigenvalue weighted by Crippen LogP contribution is -2.06. The number of carbonyl (C=O) groups is 1. The van der Waals surface area contributed by atoms with Crippen LogP contribution in [0.5, 0.6) is 11.5 Å². The number of hydrogen-bond acceptors (Lipinski definition) is 7. The topological polar surface area (TPSA) is 106 Å². The van der Waals surface area contributed by atoms with E-state index in [9.17, 15) is 15.0 Å². The first kappa shape index (κ1) is 12.9. The van der Waals surface area contributed by atoms with Crippen LogP contribution in [0.4, 0.5) is 0 Å². The molecule has 0 unspecified atom stereocenters. The number of hydrogen-bond donors (Lipinski definition) is 2. The van der Waals surface area contributed by atoms with Crippen LogP contribution in [-0.4, -0.2) is 26.3 Å². The lowest BCUT2D eigenvalue weighted by atomic mass is 10.1. The Bertz CT molecular complexity index is 621. The van der Waals surface area contributed by atoms with Crippen LogP contribution in [0.1, 0.15) is 27.6 Å². The third kappa shape index (κ3) is 2.65. The number of phenols is 2. The van der Waals surface area contributed by atoms with Crippen molar-refractivity contribution in [2.75, 3.05) is 0 Å². The van der Waals surface area contributed by atoms with E-state index in [2.05, 4.69) is 10.1 Å². The maximum absolute atomic E-state index is 11.7. The molecule has 0 aliphatic carbocycles. The second-order valence-corrected chi connectivity index (χ2v) is 3.94. The van der Waals surface area contributed by atoms with Gasteiger partial charge in [0.1, 0.15) is 5.56 Å². The summed E-state index contributed by atoms with van der Waals surface area (Å²) >= 11 is 0. The summed E-state index contributed by atoms with van der Waals surface area (Å²) in [6.07, 6.45) is 0. The standard InChI is InChI=1S/C12H12N2O5/c1-6-3-4-8(11(16)10(6)15)12(17)18-5-9-13-7(2)14-19-9/h3-4,15-16H,5H2,1-2H3. The molecule has 0 spiro atoms. The zero-order chi connectivity index (χ0) is 14.0. The molecular weight excluding hydrogens is 252 g/mol. The van der Waals surface area contributed by atoms with Gasteiger partial charge in [0.05, 0.1) is 0 Å². The number of nitrogens with zero attached hydrogens (tertiary/aromatic N) is 2. The molecule has 1 heterocycles. The Hall–Kier alpha value is -2.57. The van der Waals surface area contributed by atoms with Crippen LogP contribution >= 0.6 is 0 Å². The predicted molar refractivity (Wildman–Crippen MR) is 62.7 cm³/mol.